The van der Waals surface area contributed by atoms with Crippen LogP contribution in [-0.4, -0.2) is 13.3 Å². The van der Waals surface area contributed by atoms with Crippen molar-refractivity contribution in [2.45, 2.75) is 6.92 Å². The van der Waals surface area contributed by atoms with Crippen LogP contribution in [0.15, 0.2) is 47.1 Å². The first-order valence-electron chi connectivity index (χ1n) is 5.87. The minimum atomic E-state index is 0.0715. The Morgan fingerprint density at radius 3 is 2.76 bits per heavy atom. The Labute approximate surface area is 128 Å². The summed E-state index contributed by atoms with van der Waals surface area (Å²) in [7, 11) is 1.44. The molecule has 0 spiro atoms. The molecule has 7 heteroatoms. The summed E-state index contributed by atoms with van der Waals surface area (Å²) in [5.74, 6) is 5.46. The fraction of sp³-hybridized carbons (Fsp3) is 0.143. The Morgan fingerprint density at radius 1 is 1.57 bits per heavy atom. The average molecular weight is 307 g/mol. The van der Waals surface area contributed by atoms with Crippen LogP contribution in [-0.2, 0) is 9.57 Å². The van der Waals surface area contributed by atoms with Crippen LogP contribution in [0.5, 0.6) is 0 Å². The lowest BCUT2D eigenvalue weighted by molar-refractivity contribution is 0.183. The van der Waals surface area contributed by atoms with Crippen LogP contribution < -0.4 is 11.2 Å². The van der Waals surface area contributed by atoms with Crippen LogP contribution in [0.3, 0.4) is 0 Å². The Balaban J connectivity index is 3.07. The fourth-order valence-electron chi connectivity index (χ4n) is 1.50. The average Bonchev–Trinajstić information content (AvgIpc) is 2.49. The molecule has 0 aliphatic rings. The molecule has 1 aromatic carbocycles. The summed E-state index contributed by atoms with van der Waals surface area (Å²) in [5.41, 5.74) is 1.38. The molecular weight excluding hydrogens is 292 g/mol. The summed E-state index contributed by atoms with van der Waals surface area (Å²) >= 11 is 6.08. The number of aliphatic imine (C=N–C) groups is 1. The zero-order chi connectivity index (χ0) is 15.8. The van der Waals surface area contributed by atoms with Crippen molar-refractivity contribution in [3.63, 3.8) is 0 Å². The second-order valence-corrected chi connectivity index (χ2v) is 4.16. The van der Waals surface area contributed by atoms with Crippen molar-refractivity contribution < 1.29 is 9.57 Å². The molecule has 1 aromatic rings. The van der Waals surface area contributed by atoms with E-state index in [1.807, 2.05) is 6.07 Å². The van der Waals surface area contributed by atoms with Gasteiger partial charge in [0.2, 0.25) is 5.76 Å². The van der Waals surface area contributed by atoms with Crippen LogP contribution in [0, 0.1) is 11.3 Å². The molecule has 0 atom stereocenters. The lowest BCUT2D eigenvalue weighted by Gasteiger charge is -2.14. The number of benzene rings is 1. The van der Waals surface area contributed by atoms with E-state index >= 15 is 0 Å². The predicted molar refractivity (Wildman–Crippen MR) is 82.4 cm³/mol. The van der Waals surface area contributed by atoms with E-state index < -0.39 is 0 Å². The van der Waals surface area contributed by atoms with Gasteiger partial charge in [0.25, 0.3) is 5.88 Å². The first-order valence-corrected chi connectivity index (χ1v) is 6.24. The van der Waals surface area contributed by atoms with Crippen LogP contribution in [0.2, 0.25) is 5.02 Å². The minimum absolute atomic E-state index is 0.0715. The van der Waals surface area contributed by atoms with Crippen molar-refractivity contribution in [2.24, 2.45) is 10.9 Å². The van der Waals surface area contributed by atoms with Crippen molar-refractivity contribution in [2.75, 3.05) is 12.4 Å². The van der Waals surface area contributed by atoms with E-state index in [2.05, 4.69) is 21.7 Å². The van der Waals surface area contributed by atoms with Crippen LogP contribution >= 0.6 is 11.6 Å². The second-order valence-electron chi connectivity index (χ2n) is 3.75. The van der Waals surface area contributed by atoms with Gasteiger partial charge in [-0.05, 0) is 25.1 Å². The van der Waals surface area contributed by atoms with Gasteiger partial charge in [0, 0.05) is 6.21 Å². The van der Waals surface area contributed by atoms with Gasteiger partial charge in [0.05, 0.1) is 35.1 Å². The smallest absolute Gasteiger partial charge is 0.281 e. The number of nitrogens with zero attached hydrogens (tertiary/aromatic N) is 2. The lowest BCUT2D eigenvalue weighted by Crippen LogP contribution is -2.09. The third-order valence-corrected chi connectivity index (χ3v) is 2.73. The number of ether oxygens (including phenoxy) is 1. The zero-order valence-corrected chi connectivity index (χ0v) is 12.4. The van der Waals surface area contributed by atoms with Crippen molar-refractivity contribution in [1.29, 1.82) is 5.26 Å². The molecule has 0 amide bonds. The molecule has 0 aliphatic heterocycles. The third-order valence-electron chi connectivity index (χ3n) is 2.41. The van der Waals surface area contributed by atoms with E-state index in [1.165, 1.54) is 19.4 Å². The predicted octanol–water partition coefficient (Wildman–Crippen LogP) is 2.93. The topological polar surface area (TPSA) is 92.7 Å². The molecule has 110 valence electrons. The first kappa shape index (κ1) is 16.6. The molecule has 0 aliphatic carbocycles. The molecule has 0 saturated carbocycles. The molecule has 0 bridgehead atoms. The summed E-state index contributed by atoms with van der Waals surface area (Å²) in [6.45, 7) is 5.54. The van der Waals surface area contributed by atoms with E-state index in [-0.39, 0.29) is 11.6 Å². The fourth-order valence-corrected chi connectivity index (χ4v) is 1.73. The number of nitrogens with two attached hydrogens (primary N) is 1. The first-order chi connectivity index (χ1) is 10.1. The highest BCUT2D eigenvalue weighted by molar-refractivity contribution is 6.33. The van der Waals surface area contributed by atoms with Gasteiger partial charge in [-0.2, -0.15) is 11.2 Å². The maximum absolute atomic E-state index is 8.80. The molecule has 6 nitrogen and oxygen atoms in total. The Hall–Kier alpha value is -2.49. The molecule has 0 fully saturated rings. The van der Waals surface area contributed by atoms with Crippen LogP contribution in [0.4, 0.5) is 5.69 Å². The molecule has 0 saturated heterocycles. The summed E-state index contributed by atoms with van der Waals surface area (Å²) in [4.78, 5) is 8.58. The molecule has 0 aromatic heterocycles. The number of nitriles is 1. The SMILES string of the molecule is C=C(Nc1ccc(C#N)cc1Cl)/C(OC)=C(\N=C/C)ON. The minimum Gasteiger partial charge on any atom is -0.490 e. The third kappa shape index (κ3) is 4.24. The molecule has 1 rings (SSSR count). The maximum Gasteiger partial charge on any atom is 0.281 e. The number of halogens is 1. The van der Waals surface area contributed by atoms with E-state index in [9.17, 15) is 0 Å². The van der Waals surface area contributed by atoms with Gasteiger partial charge < -0.3 is 14.9 Å². The number of anilines is 1. The highest BCUT2D eigenvalue weighted by atomic mass is 35.5. The monoisotopic (exact) mass is 306 g/mol. The van der Waals surface area contributed by atoms with Gasteiger partial charge in [-0.3, -0.25) is 0 Å². The van der Waals surface area contributed by atoms with Crippen molar-refractivity contribution in [3.8, 4) is 6.07 Å². The molecule has 3 N–H and O–H groups in total. The number of nitrogens with one attached hydrogen (secondary N) is 1. The quantitative estimate of drug-likeness (QED) is 0.365. The second kappa shape index (κ2) is 7.94. The highest BCUT2D eigenvalue weighted by Crippen LogP contribution is 2.26. The molecule has 0 radical (unpaired) electrons. The van der Waals surface area contributed by atoms with Gasteiger partial charge >= 0.3 is 0 Å². The van der Waals surface area contributed by atoms with E-state index in [1.54, 1.807) is 19.1 Å². The highest BCUT2D eigenvalue weighted by Gasteiger charge is 2.13. The van der Waals surface area contributed by atoms with Gasteiger partial charge in [-0.25, -0.2) is 4.99 Å². The van der Waals surface area contributed by atoms with Gasteiger partial charge in [-0.15, -0.1) is 0 Å². The van der Waals surface area contributed by atoms with Crippen molar-refractivity contribution in [3.05, 3.63) is 52.7 Å². The Kier molecular flexibility index (Phi) is 6.27. The molecular formula is C14H15ClN4O2. The van der Waals surface area contributed by atoms with Crippen molar-refractivity contribution in [1.82, 2.24) is 0 Å². The van der Waals surface area contributed by atoms with Crippen molar-refractivity contribution >= 4 is 23.5 Å². The van der Waals surface area contributed by atoms with Gasteiger partial charge in [-0.1, -0.05) is 18.2 Å². The Bertz CT molecular complexity index is 632. The maximum atomic E-state index is 8.80. The zero-order valence-electron chi connectivity index (χ0n) is 11.7. The van der Waals surface area contributed by atoms with E-state index in [0.29, 0.717) is 22.0 Å². The van der Waals surface area contributed by atoms with Crippen LogP contribution in [0.25, 0.3) is 0 Å². The normalized spacial score (nSPS) is 11.6. The summed E-state index contributed by atoms with van der Waals surface area (Å²) in [6, 6.07) is 6.83. The molecule has 21 heavy (non-hydrogen) atoms. The standard InChI is InChI=1S/C14H15ClN4O2/c1-4-18-14(21-17)13(20-3)9(2)19-12-6-5-10(8-16)7-11(12)15/h4-7,19H,2,17H2,1,3H3/b14-13-,18-4-. The number of hydrogen-bond acceptors (Lipinski definition) is 6. The largest absolute Gasteiger partial charge is 0.490 e. The number of hydrogen-bond donors (Lipinski definition) is 2. The Morgan fingerprint density at radius 2 is 2.29 bits per heavy atom. The van der Waals surface area contributed by atoms with E-state index in [0.717, 1.165) is 0 Å². The van der Waals surface area contributed by atoms with Gasteiger partial charge in [0.15, 0.2) is 0 Å². The number of rotatable bonds is 6. The molecule has 0 unspecified atom stereocenters. The summed E-state index contributed by atoms with van der Waals surface area (Å²) < 4.78 is 5.18. The van der Waals surface area contributed by atoms with E-state index in [4.69, 9.17) is 27.5 Å². The van der Waals surface area contributed by atoms with Crippen LogP contribution in [0.1, 0.15) is 12.5 Å². The summed E-state index contributed by atoms with van der Waals surface area (Å²) in [5, 5.41) is 12.1. The number of methoxy groups -OCH3 is 1. The molecule has 0 heterocycles. The summed E-state index contributed by atoms with van der Waals surface area (Å²) in [6.07, 6.45) is 1.50. The lowest BCUT2D eigenvalue weighted by atomic mass is 10.2. The van der Waals surface area contributed by atoms with Gasteiger partial charge in [0.1, 0.15) is 0 Å².